The predicted octanol–water partition coefficient (Wildman–Crippen LogP) is 2.77. The fourth-order valence-electron chi connectivity index (χ4n) is 1.63. The van der Waals surface area contributed by atoms with E-state index in [0.29, 0.717) is 10.1 Å². The van der Waals surface area contributed by atoms with E-state index >= 15 is 0 Å². The Kier molecular flexibility index (Phi) is 5.31. The summed E-state index contributed by atoms with van der Waals surface area (Å²) in [6.45, 7) is 6.78. The summed E-state index contributed by atoms with van der Waals surface area (Å²) in [6.07, 6.45) is 2.40. The zero-order valence-electron chi connectivity index (χ0n) is 12.1. The highest BCUT2D eigenvalue weighted by atomic mass is 32.2. The topological polar surface area (TPSA) is 84.0 Å². The van der Waals surface area contributed by atoms with Gasteiger partial charge in [-0.2, -0.15) is 0 Å². The zero-order chi connectivity index (χ0) is 15.5. The second kappa shape index (κ2) is 6.82. The number of anilines is 1. The van der Waals surface area contributed by atoms with Gasteiger partial charge >= 0.3 is 0 Å². The lowest BCUT2D eigenvalue weighted by Gasteiger charge is -2.09. The van der Waals surface area contributed by atoms with Crippen molar-refractivity contribution in [2.45, 2.75) is 37.4 Å². The molecule has 2 heterocycles. The Hall–Kier alpha value is -1.03. The molecule has 0 aliphatic heterocycles. The van der Waals surface area contributed by atoms with E-state index in [2.05, 4.69) is 26.9 Å². The molecule has 0 radical (unpaired) electrons. The first kappa shape index (κ1) is 16.3. The van der Waals surface area contributed by atoms with Crippen LogP contribution in [0.4, 0.5) is 5.13 Å². The summed E-state index contributed by atoms with van der Waals surface area (Å²) < 4.78 is 27.1. The van der Waals surface area contributed by atoms with Gasteiger partial charge in [-0.3, -0.25) is 4.72 Å². The van der Waals surface area contributed by atoms with Crippen LogP contribution in [0.2, 0.25) is 0 Å². The minimum absolute atomic E-state index is 0.102. The van der Waals surface area contributed by atoms with Gasteiger partial charge in [-0.25, -0.2) is 18.4 Å². The van der Waals surface area contributed by atoms with Gasteiger partial charge in [-0.05, 0) is 26.8 Å². The highest BCUT2D eigenvalue weighted by molar-refractivity contribution is 7.94. The first-order valence-corrected chi connectivity index (χ1v) is 9.74. The van der Waals surface area contributed by atoms with E-state index < -0.39 is 10.0 Å². The Balaban J connectivity index is 2.08. The van der Waals surface area contributed by atoms with Crippen molar-refractivity contribution < 1.29 is 8.42 Å². The Labute approximate surface area is 132 Å². The number of hydrogen-bond donors (Lipinski definition) is 2. The number of nitrogens with zero attached hydrogens (tertiary/aromatic N) is 2. The third kappa shape index (κ3) is 4.22. The maximum Gasteiger partial charge on any atom is 0.274 e. The number of hydrogen-bond acceptors (Lipinski definition) is 7. The van der Waals surface area contributed by atoms with Gasteiger partial charge in [-0.15, -0.1) is 22.7 Å². The molecule has 2 rings (SSSR count). The van der Waals surface area contributed by atoms with E-state index in [1.807, 2.05) is 12.3 Å². The second-order valence-electron chi connectivity index (χ2n) is 4.56. The molecule has 2 aromatic rings. The fourth-order valence-corrected chi connectivity index (χ4v) is 4.79. The first-order valence-electron chi connectivity index (χ1n) is 6.56. The fraction of sp³-hybridized carbons (Fsp3) is 0.500. The van der Waals surface area contributed by atoms with Gasteiger partial charge in [0.05, 0.1) is 16.9 Å². The van der Waals surface area contributed by atoms with Gasteiger partial charge in [0, 0.05) is 11.4 Å². The van der Waals surface area contributed by atoms with Crippen molar-refractivity contribution in [3.8, 4) is 0 Å². The monoisotopic (exact) mass is 346 g/mol. The Morgan fingerprint density at radius 1 is 1.43 bits per heavy atom. The first-order chi connectivity index (χ1) is 9.92. The van der Waals surface area contributed by atoms with Crippen molar-refractivity contribution in [2.75, 3.05) is 11.3 Å². The molecule has 9 heteroatoms. The summed E-state index contributed by atoms with van der Waals surface area (Å²) in [7, 11) is -3.59. The van der Waals surface area contributed by atoms with E-state index in [1.165, 1.54) is 17.5 Å². The van der Waals surface area contributed by atoms with E-state index in [4.69, 9.17) is 0 Å². The molecule has 116 valence electrons. The smallest absolute Gasteiger partial charge is 0.274 e. The van der Waals surface area contributed by atoms with Crippen LogP contribution in [-0.4, -0.2) is 24.9 Å². The highest BCUT2D eigenvalue weighted by Crippen LogP contribution is 2.25. The molecule has 0 aliphatic carbocycles. The molecule has 0 spiro atoms. The number of nitrogens with one attached hydrogen (secondary N) is 2. The van der Waals surface area contributed by atoms with E-state index in [9.17, 15) is 8.42 Å². The highest BCUT2D eigenvalue weighted by Gasteiger charge is 2.19. The summed E-state index contributed by atoms with van der Waals surface area (Å²) in [5, 5.41) is 6.27. The van der Waals surface area contributed by atoms with Crippen molar-refractivity contribution >= 4 is 37.8 Å². The van der Waals surface area contributed by atoms with Crippen LogP contribution in [0.15, 0.2) is 15.8 Å². The number of sulfonamides is 1. The van der Waals surface area contributed by atoms with E-state index in [0.717, 1.165) is 30.0 Å². The summed E-state index contributed by atoms with van der Waals surface area (Å²) in [5.41, 5.74) is 0.839. The minimum atomic E-state index is -3.59. The van der Waals surface area contributed by atoms with Crippen LogP contribution in [0.5, 0.6) is 0 Å². The third-order valence-corrected chi connectivity index (χ3v) is 6.37. The van der Waals surface area contributed by atoms with Crippen LogP contribution in [0.1, 0.15) is 37.0 Å². The van der Waals surface area contributed by atoms with Crippen molar-refractivity contribution in [3.63, 3.8) is 0 Å². The maximum atomic E-state index is 12.2. The van der Waals surface area contributed by atoms with Crippen molar-refractivity contribution in [3.05, 3.63) is 22.3 Å². The quantitative estimate of drug-likeness (QED) is 0.805. The molecule has 0 bridgehead atoms. The van der Waals surface area contributed by atoms with Gasteiger partial charge in [-0.1, -0.05) is 6.92 Å². The van der Waals surface area contributed by atoms with Crippen LogP contribution < -0.4 is 10.0 Å². The summed E-state index contributed by atoms with van der Waals surface area (Å²) in [5.74, 6) is 0. The van der Waals surface area contributed by atoms with E-state index in [-0.39, 0.29) is 10.3 Å². The molecule has 0 saturated carbocycles. The number of aryl methyl sites for hydroxylation is 1. The van der Waals surface area contributed by atoms with Gasteiger partial charge in [0.15, 0.2) is 9.34 Å². The lowest BCUT2D eigenvalue weighted by atomic mass is 10.2. The maximum absolute atomic E-state index is 12.2. The Morgan fingerprint density at radius 2 is 2.19 bits per heavy atom. The molecule has 21 heavy (non-hydrogen) atoms. The molecule has 6 nitrogen and oxygen atoms in total. The summed E-state index contributed by atoms with van der Waals surface area (Å²) in [4.78, 5) is 8.29. The molecule has 2 N–H and O–H groups in total. The van der Waals surface area contributed by atoms with Crippen LogP contribution >= 0.6 is 22.7 Å². The second-order valence-corrected chi connectivity index (χ2v) is 8.56. The predicted molar refractivity (Wildman–Crippen MR) is 86.5 cm³/mol. The molecule has 0 fully saturated rings. The molecular weight excluding hydrogens is 328 g/mol. The molecule has 0 amide bonds. The van der Waals surface area contributed by atoms with E-state index in [1.54, 1.807) is 6.92 Å². The molecule has 2 aromatic heterocycles. The number of thiazole rings is 2. The summed E-state index contributed by atoms with van der Waals surface area (Å²) >= 11 is 2.42. The van der Waals surface area contributed by atoms with Crippen LogP contribution in [0, 0.1) is 6.92 Å². The van der Waals surface area contributed by atoms with Crippen molar-refractivity contribution in [1.82, 2.24) is 15.3 Å². The molecule has 1 unspecified atom stereocenters. The Bertz CT molecular complexity index is 693. The third-order valence-electron chi connectivity index (χ3n) is 2.75. The molecule has 0 aromatic carbocycles. The number of aromatic nitrogens is 2. The largest absolute Gasteiger partial charge is 0.309 e. The minimum Gasteiger partial charge on any atom is -0.309 e. The Morgan fingerprint density at radius 3 is 2.81 bits per heavy atom. The zero-order valence-corrected chi connectivity index (χ0v) is 14.5. The van der Waals surface area contributed by atoms with Crippen molar-refractivity contribution in [1.29, 1.82) is 0 Å². The van der Waals surface area contributed by atoms with Crippen molar-refractivity contribution in [2.24, 2.45) is 0 Å². The molecular formula is C12H18N4O2S3. The molecule has 1 atom stereocenters. The van der Waals surface area contributed by atoms with Gasteiger partial charge in [0.1, 0.15) is 0 Å². The summed E-state index contributed by atoms with van der Waals surface area (Å²) in [6, 6.07) is 0.102. The number of rotatable bonds is 7. The lowest BCUT2D eigenvalue weighted by molar-refractivity contribution is 0.561. The average molecular weight is 347 g/mol. The SMILES string of the molecule is CCCNC(C)c1csc(NS(=O)(=O)c2cnc(C)s2)n1. The standard InChI is InChI=1S/C12H18N4O2S3/c1-4-5-13-8(2)10-7-19-12(15-10)16-21(17,18)11-6-14-9(3)20-11/h6-8,13H,4-5H2,1-3H3,(H,15,16). The molecule has 0 saturated heterocycles. The van der Waals surface area contributed by atoms with Crippen LogP contribution in [-0.2, 0) is 10.0 Å². The normalized spacial score (nSPS) is 13.3. The van der Waals surface area contributed by atoms with Crippen LogP contribution in [0.25, 0.3) is 0 Å². The lowest BCUT2D eigenvalue weighted by Crippen LogP contribution is -2.19. The van der Waals surface area contributed by atoms with Gasteiger partial charge < -0.3 is 5.32 Å². The average Bonchev–Trinajstić information content (AvgIpc) is 3.05. The molecule has 0 aliphatic rings. The van der Waals surface area contributed by atoms with Gasteiger partial charge in [0.25, 0.3) is 10.0 Å². The van der Waals surface area contributed by atoms with Gasteiger partial charge in [0.2, 0.25) is 0 Å². The van der Waals surface area contributed by atoms with Crippen LogP contribution in [0.3, 0.4) is 0 Å².